The second-order valence-corrected chi connectivity index (χ2v) is 6.15. The number of hydrogen-bond acceptors (Lipinski definition) is 3. The molecule has 0 radical (unpaired) electrons. The molecule has 0 bridgehead atoms. The van der Waals surface area contributed by atoms with Crippen LogP contribution in [0.1, 0.15) is 49.3 Å². The van der Waals surface area contributed by atoms with Crippen LogP contribution in [0.5, 0.6) is 0 Å². The summed E-state index contributed by atoms with van der Waals surface area (Å²) in [5, 5.41) is 9.84. The smallest absolute Gasteiger partial charge is 0.339 e. The van der Waals surface area contributed by atoms with Gasteiger partial charge in [0.15, 0.2) is 0 Å². The molecule has 134 valence electrons. The number of rotatable bonds is 7. The molecule has 2 rings (SSSR count). The van der Waals surface area contributed by atoms with Crippen LogP contribution >= 0.6 is 0 Å². The number of aromatic nitrogens is 1. The molecule has 5 heteroatoms. The number of carboxylic acids is 1. The highest BCUT2D eigenvalue weighted by molar-refractivity contribution is 5.93. The van der Waals surface area contributed by atoms with Gasteiger partial charge in [-0.2, -0.15) is 0 Å². The number of ether oxygens (including phenoxy) is 1. The van der Waals surface area contributed by atoms with Crippen molar-refractivity contribution in [2.75, 3.05) is 6.61 Å². The van der Waals surface area contributed by atoms with Gasteiger partial charge in [-0.05, 0) is 31.4 Å². The first kappa shape index (κ1) is 18.8. The van der Waals surface area contributed by atoms with Crippen molar-refractivity contribution in [3.05, 3.63) is 47.7 Å². The Morgan fingerprint density at radius 1 is 1.20 bits per heavy atom. The number of carbonyl (C=O) groups is 2. The lowest BCUT2D eigenvalue weighted by Gasteiger charge is -2.25. The van der Waals surface area contributed by atoms with E-state index in [1.54, 1.807) is 24.5 Å². The van der Waals surface area contributed by atoms with E-state index in [0.717, 1.165) is 12.0 Å². The summed E-state index contributed by atoms with van der Waals surface area (Å²) in [6, 6.07) is 10.5. The maximum Gasteiger partial charge on any atom is 0.339 e. The number of aliphatic carboxylic acids is 1. The van der Waals surface area contributed by atoms with E-state index in [1.807, 2.05) is 44.2 Å². The zero-order valence-corrected chi connectivity index (χ0v) is 15.2. The number of carboxylic acid groups (broad SMARTS) is 1. The molecule has 2 aromatic rings. The Balaban J connectivity index is 2.70. The molecule has 1 aromatic carbocycles. The Kier molecular flexibility index (Phi) is 6.02. The summed E-state index contributed by atoms with van der Waals surface area (Å²) in [4.78, 5) is 24.3. The summed E-state index contributed by atoms with van der Waals surface area (Å²) in [5.74, 6) is -1.41. The molecule has 5 nitrogen and oxygen atoms in total. The molecule has 25 heavy (non-hydrogen) atoms. The molecule has 1 N–H and O–H groups in total. The monoisotopic (exact) mass is 343 g/mol. The van der Waals surface area contributed by atoms with Gasteiger partial charge in [0.25, 0.3) is 0 Å². The molecule has 0 aliphatic rings. The average Bonchev–Trinajstić information content (AvgIpc) is 2.93. The maximum absolute atomic E-state index is 12.3. The fourth-order valence-electron chi connectivity index (χ4n) is 3.06. The average molecular weight is 343 g/mol. The molecular weight excluding hydrogens is 318 g/mol. The second-order valence-electron chi connectivity index (χ2n) is 6.15. The normalized spacial score (nSPS) is 13.3. The molecule has 0 amide bonds. The molecule has 1 heterocycles. The summed E-state index contributed by atoms with van der Waals surface area (Å²) in [5.41, 5.74) is 2.62. The van der Waals surface area contributed by atoms with Crippen molar-refractivity contribution < 1.29 is 19.4 Å². The molecule has 0 saturated carbocycles. The fourth-order valence-corrected chi connectivity index (χ4v) is 3.06. The lowest BCUT2D eigenvalue weighted by atomic mass is 9.98. The molecule has 1 aromatic heterocycles. The summed E-state index contributed by atoms with van der Waals surface area (Å²) < 4.78 is 6.90. The largest absolute Gasteiger partial charge is 0.480 e. The van der Waals surface area contributed by atoms with E-state index in [9.17, 15) is 14.7 Å². The fraction of sp³-hybridized carbons (Fsp3) is 0.400. The second kappa shape index (κ2) is 8.01. The van der Waals surface area contributed by atoms with Crippen molar-refractivity contribution in [2.45, 2.75) is 40.2 Å². The lowest BCUT2D eigenvalue weighted by molar-refractivity contribution is -0.142. The van der Waals surface area contributed by atoms with Gasteiger partial charge in [0.05, 0.1) is 12.2 Å². The van der Waals surface area contributed by atoms with E-state index in [0.29, 0.717) is 17.0 Å². The van der Waals surface area contributed by atoms with E-state index in [2.05, 4.69) is 0 Å². The van der Waals surface area contributed by atoms with Crippen LogP contribution in [-0.2, 0) is 9.53 Å². The maximum atomic E-state index is 12.3. The van der Waals surface area contributed by atoms with Crippen LogP contribution in [0.15, 0.2) is 36.4 Å². The van der Waals surface area contributed by atoms with Gasteiger partial charge in [-0.3, -0.25) is 0 Å². The first-order valence-electron chi connectivity index (χ1n) is 8.59. The highest BCUT2D eigenvalue weighted by Crippen LogP contribution is 2.34. The number of hydrogen-bond donors (Lipinski definition) is 1. The molecule has 2 atom stereocenters. The standard InChI is InChI=1S/C20H25NO4/c1-5-13(3)18(19(22)23)21-14(4)16(20(24)25-6-2)12-17(21)15-10-8-7-9-11-15/h7-13,18H,5-6H2,1-4H3,(H,22,23). The van der Waals surface area contributed by atoms with Gasteiger partial charge in [0, 0.05) is 11.4 Å². The van der Waals surface area contributed by atoms with E-state index < -0.39 is 18.0 Å². The molecule has 0 saturated heterocycles. The van der Waals surface area contributed by atoms with Crippen LogP contribution in [0.4, 0.5) is 0 Å². The van der Waals surface area contributed by atoms with Gasteiger partial charge in [-0.25, -0.2) is 9.59 Å². The van der Waals surface area contributed by atoms with Crippen molar-refractivity contribution in [2.24, 2.45) is 5.92 Å². The Morgan fingerprint density at radius 3 is 2.36 bits per heavy atom. The van der Waals surface area contributed by atoms with Crippen LogP contribution in [0.3, 0.4) is 0 Å². The van der Waals surface area contributed by atoms with E-state index in [4.69, 9.17) is 4.74 Å². The van der Waals surface area contributed by atoms with Gasteiger partial charge in [0.1, 0.15) is 6.04 Å². The zero-order valence-electron chi connectivity index (χ0n) is 15.2. The van der Waals surface area contributed by atoms with Gasteiger partial charge < -0.3 is 14.4 Å². The van der Waals surface area contributed by atoms with Crippen molar-refractivity contribution in [3.63, 3.8) is 0 Å². The van der Waals surface area contributed by atoms with Crippen LogP contribution in [0.2, 0.25) is 0 Å². The van der Waals surface area contributed by atoms with Crippen LogP contribution in [-0.4, -0.2) is 28.2 Å². The first-order chi connectivity index (χ1) is 11.9. The zero-order chi connectivity index (χ0) is 18.6. The van der Waals surface area contributed by atoms with Gasteiger partial charge in [-0.1, -0.05) is 50.6 Å². The highest BCUT2D eigenvalue weighted by Gasteiger charge is 2.31. The molecule has 0 aliphatic carbocycles. The van der Waals surface area contributed by atoms with Crippen LogP contribution in [0, 0.1) is 12.8 Å². The first-order valence-corrected chi connectivity index (χ1v) is 8.59. The van der Waals surface area contributed by atoms with Gasteiger partial charge in [0.2, 0.25) is 0 Å². The Bertz CT molecular complexity index is 749. The quantitative estimate of drug-likeness (QED) is 0.761. The third kappa shape index (κ3) is 3.76. The van der Waals surface area contributed by atoms with Crippen molar-refractivity contribution in [3.8, 4) is 11.3 Å². The van der Waals surface area contributed by atoms with E-state index >= 15 is 0 Å². The number of carbonyl (C=O) groups excluding carboxylic acids is 1. The summed E-state index contributed by atoms with van der Waals surface area (Å²) in [7, 11) is 0. The van der Waals surface area contributed by atoms with Crippen molar-refractivity contribution >= 4 is 11.9 Å². The van der Waals surface area contributed by atoms with E-state index in [-0.39, 0.29) is 12.5 Å². The predicted molar refractivity (Wildman–Crippen MR) is 96.7 cm³/mol. The molecule has 0 spiro atoms. The van der Waals surface area contributed by atoms with Gasteiger partial charge >= 0.3 is 11.9 Å². The number of nitrogens with zero attached hydrogens (tertiary/aromatic N) is 1. The number of esters is 1. The Morgan fingerprint density at radius 2 is 1.84 bits per heavy atom. The molecule has 0 fully saturated rings. The van der Waals surface area contributed by atoms with E-state index in [1.165, 1.54) is 0 Å². The minimum absolute atomic E-state index is 0.0823. The Labute approximate surface area is 148 Å². The summed E-state index contributed by atoms with van der Waals surface area (Å²) in [6.45, 7) is 7.68. The minimum Gasteiger partial charge on any atom is -0.480 e. The summed E-state index contributed by atoms with van der Waals surface area (Å²) >= 11 is 0. The number of benzene rings is 1. The lowest BCUT2D eigenvalue weighted by Crippen LogP contribution is -2.27. The topological polar surface area (TPSA) is 68.5 Å². The molecular formula is C20H25NO4. The third-order valence-electron chi connectivity index (χ3n) is 4.57. The van der Waals surface area contributed by atoms with Crippen molar-refractivity contribution in [1.29, 1.82) is 0 Å². The molecule has 2 unspecified atom stereocenters. The minimum atomic E-state index is -0.902. The predicted octanol–water partition coefficient (Wildman–Crippen LogP) is 4.31. The summed E-state index contributed by atoms with van der Waals surface area (Å²) in [6.07, 6.45) is 0.720. The molecule has 0 aliphatic heterocycles. The van der Waals surface area contributed by atoms with Crippen molar-refractivity contribution in [1.82, 2.24) is 4.57 Å². The Hall–Kier alpha value is -2.56. The SMILES string of the molecule is CCOC(=O)c1cc(-c2ccccc2)n(C(C(=O)O)C(C)CC)c1C. The highest BCUT2D eigenvalue weighted by atomic mass is 16.5. The van der Waals surface area contributed by atoms with Gasteiger partial charge in [-0.15, -0.1) is 0 Å². The van der Waals surface area contributed by atoms with Crippen LogP contribution in [0.25, 0.3) is 11.3 Å². The third-order valence-corrected chi connectivity index (χ3v) is 4.57. The van der Waals surface area contributed by atoms with Crippen LogP contribution < -0.4 is 0 Å².